The van der Waals surface area contributed by atoms with E-state index in [2.05, 4.69) is 37.4 Å². The Bertz CT molecular complexity index is 395. The lowest BCUT2D eigenvalue weighted by Crippen LogP contribution is -2.34. The molecule has 0 bridgehead atoms. The first-order valence-electron chi connectivity index (χ1n) is 6.55. The maximum atomic E-state index is 5.67. The molecule has 1 aliphatic heterocycles. The number of ether oxygens (including phenoxy) is 2. The molecule has 18 heavy (non-hydrogen) atoms. The van der Waals surface area contributed by atoms with Crippen LogP contribution in [0.25, 0.3) is 0 Å². The van der Waals surface area contributed by atoms with E-state index in [-0.39, 0.29) is 5.41 Å². The maximum absolute atomic E-state index is 5.67. The molecule has 1 aliphatic rings. The van der Waals surface area contributed by atoms with E-state index in [9.17, 15) is 0 Å². The summed E-state index contributed by atoms with van der Waals surface area (Å²) in [5.74, 6) is 0.958. The van der Waals surface area contributed by atoms with Crippen molar-refractivity contribution in [1.82, 2.24) is 5.32 Å². The van der Waals surface area contributed by atoms with Gasteiger partial charge in [-0.1, -0.05) is 19.1 Å². The van der Waals surface area contributed by atoms with Crippen molar-refractivity contribution in [1.29, 1.82) is 0 Å². The average molecular weight is 249 g/mol. The first-order valence-corrected chi connectivity index (χ1v) is 6.55. The van der Waals surface area contributed by atoms with E-state index >= 15 is 0 Å². The van der Waals surface area contributed by atoms with Gasteiger partial charge in [0.25, 0.3) is 0 Å². The lowest BCUT2D eigenvalue weighted by atomic mass is 9.84. The second-order valence-corrected chi connectivity index (χ2v) is 5.52. The van der Waals surface area contributed by atoms with Crippen molar-refractivity contribution in [3.8, 4) is 5.75 Å². The van der Waals surface area contributed by atoms with Gasteiger partial charge in [0.15, 0.2) is 0 Å². The Morgan fingerprint density at radius 2 is 2.28 bits per heavy atom. The molecule has 0 aliphatic carbocycles. The molecule has 3 heteroatoms. The van der Waals surface area contributed by atoms with E-state index in [0.29, 0.717) is 0 Å². The highest BCUT2D eigenvalue weighted by Gasteiger charge is 2.26. The highest BCUT2D eigenvalue weighted by Crippen LogP contribution is 2.26. The summed E-state index contributed by atoms with van der Waals surface area (Å²) in [6, 6.07) is 6.43. The SMILES string of the molecule is COc1ccc(CC2(C)CNCCOC2)cc1C. The summed E-state index contributed by atoms with van der Waals surface area (Å²) < 4.78 is 11.0. The zero-order valence-corrected chi connectivity index (χ0v) is 11.6. The summed E-state index contributed by atoms with van der Waals surface area (Å²) in [7, 11) is 1.71. The molecule has 0 amide bonds. The van der Waals surface area contributed by atoms with Crippen LogP contribution in [0.4, 0.5) is 0 Å². The highest BCUT2D eigenvalue weighted by atomic mass is 16.5. The van der Waals surface area contributed by atoms with E-state index in [1.165, 1.54) is 11.1 Å². The minimum absolute atomic E-state index is 0.178. The molecule has 0 saturated carbocycles. The van der Waals surface area contributed by atoms with Gasteiger partial charge in [-0.2, -0.15) is 0 Å². The van der Waals surface area contributed by atoms with Crippen LogP contribution in [-0.2, 0) is 11.2 Å². The van der Waals surface area contributed by atoms with Gasteiger partial charge in [-0.25, -0.2) is 0 Å². The quantitative estimate of drug-likeness (QED) is 0.890. The number of nitrogens with one attached hydrogen (secondary N) is 1. The number of hydrogen-bond donors (Lipinski definition) is 1. The van der Waals surface area contributed by atoms with Crippen LogP contribution in [0.5, 0.6) is 5.75 Å². The van der Waals surface area contributed by atoms with Crippen molar-refractivity contribution < 1.29 is 9.47 Å². The van der Waals surface area contributed by atoms with E-state index in [1.807, 2.05) is 0 Å². The molecule has 1 saturated heterocycles. The lowest BCUT2D eigenvalue weighted by Gasteiger charge is -2.27. The molecule has 1 fully saturated rings. The van der Waals surface area contributed by atoms with Crippen LogP contribution in [0.15, 0.2) is 18.2 Å². The van der Waals surface area contributed by atoms with Crippen LogP contribution >= 0.6 is 0 Å². The standard InChI is InChI=1S/C15H23NO2/c1-12-8-13(4-5-14(12)17-3)9-15(2)10-16-6-7-18-11-15/h4-5,8,16H,6-7,9-11H2,1-3H3. The molecule has 0 aromatic heterocycles. The highest BCUT2D eigenvalue weighted by molar-refractivity contribution is 5.36. The predicted octanol–water partition coefficient (Wildman–Crippen LogP) is 2.17. The maximum Gasteiger partial charge on any atom is 0.121 e. The molecule has 1 atom stereocenters. The Morgan fingerprint density at radius 1 is 1.44 bits per heavy atom. The molecule has 1 aromatic carbocycles. The summed E-state index contributed by atoms with van der Waals surface area (Å²) in [6.07, 6.45) is 1.03. The van der Waals surface area contributed by atoms with Gasteiger partial charge in [-0.15, -0.1) is 0 Å². The van der Waals surface area contributed by atoms with Crippen LogP contribution in [-0.4, -0.2) is 33.4 Å². The van der Waals surface area contributed by atoms with Crippen molar-refractivity contribution in [3.05, 3.63) is 29.3 Å². The van der Waals surface area contributed by atoms with Crippen molar-refractivity contribution in [2.45, 2.75) is 20.3 Å². The fourth-order valence-electron chi connectivity index (χ4n) is 2.56. The number of aryl methyl sites for hydroxylation is 1. The summed E-state index contributed by atoms with van der Waals surface area (Å²) in [5.41, 5.74) is 2.72. The molecule has 2 rings (SSSR count). The minimum atomic E-state index is 0.178. The minimum Gasteiger partial charge on any atom is -0.496 e. The Labute approximate surface area is 109 Å². The van der Waals surface area contributed by atoms with Gasteiger partial charge in [0, 0.05) is 18.5 Å². The van der Waals surface area contributed by atoms with Crippen LogP contribution in [0.1, 0.15) is 18.1 Å². The molecule has 1 aromatic rings. The third-order valence-corrected chi connectivity index (χ3v) is 3.52. The summed E-state index contributed by atoms with van der Waals surface area (Å²) in [5, 5.41) is 3.45. The van der Waals surface area contributed by atoms with Crippen LogP contribution < -0.4 is 10.1 Å². The van der Waals surface area contributed by atoms with Crippen molar-refractivity contribution >= 4 is 0 Å². The number of methoxy groups -OCH3 is 1. The van der Waals surface area contributed by atoms with Crippen LogP contribution in [0.2, 0.25) is 0 Å². The molecular weight excluding hydrogens is 226 g/mol. The zero-order chi connectivity index (χ0) is 13.0. The molecule has 1 heterocycles. The summed E-state index contributed by atoms with van der Waals surface area (Å²) in [6.45, 7) is 7.98. The zero-order valence-electron chi connectivity index (χ0n) is 11.6. The molecular formula is C15H23NO2. The Hall–Kier alpha value is -1.06. The summed E-state index contributed by atoms with van der Waals surface area (Å²) >= 11 is 0. The first kappa shape index (κ1) is 13.4. The first-order chi connectivity index (χ1) is 8.63. The van der Waals surface area contributed by atoms with Gasteiger partial charge in [-0.05, 0) is 30.5 Å². The normalized spacial score (nSPS) is 24.6. The third-order valence-electron chi connectivity index (χ3n) is 3.52. The van der Waals surface area contributed by atoms with Gasteiger partial charge in [-0.3, -0.25) is 0 Å². The Balaban J connectivity index is 2.10. The predicted molar refractivity (Wildman–Crippen MR) is 73.2 cm³/mol. The number of rotatable bonds is 3. The number of hydrogen-bond acceptors (Lipinski definition) is 3. The molecule has 1 unspecified atom stereocenters. The molecule has 1 N–H and O–H groups in total. The molecule has 0 radical (unpaired) electrons. The fraction of sp³-hybridized carbons (Fsp3) is 0.600. The van der Waals surface area contributed by atoms with Gasteiger partial charge < -0.3 is 14.8 Å². The average Bonchev–Trinajstić information content (AvgIpc) is 2.54. The van der Waals surface area contributed by atoms with E-state index in [4.69, 9.17) is 9.47 Å². The van der Waals surface area contributed by atoms with Crippen molar-refractivity contribution in [3.63, 3.8) is 0 Å². The van der Waals surface area contributed by atoms with E-state index in [1.54, 1.807) is 7.11 Å². The largest absolute Gasteiger partial charge is 0.496 e. The second-order valence-electron chi connectivity index (χ2n) is 5.52. The second kappa shape index (κ2) is 5.72. The van der Waals surface area contributed by atoms with E-state index < -0.39 is 0 Å². The Kier molecular flexibility index (Phi) is 4.25. The van der Waals surface area contributed by atoms with Crippen LogP contribution in [0, 0.1) is 12.3 Å². The molecule has 0 spiro atoms. The third kappa shape index (κ3) is 3.24. The monoisotopic (exact) mass is 249 g/mol. The van der Waals surface area contributed by atoms with Crippen molar-refractivity contribution in [2.24, 2.45) is 5.41 Å². The van der Waals surface area contributed by atoms with Gasteiger partial charge in [0.05, 0.1) is 20.3 Å². The summed E-state index contributed by atoms with van der Waals surface area (Å²) in [4.78, 5) is 0. The van der Waals surface area contributed by atoms with Crippen molar-refractivity contribution in [2.75, 3.05) is 33.4 Å². The molecule has 100 valence electrons. The van der Waals surface area contributed by atoms with E-state index in [0.717, 1.165) is 38.5 Å². The van der Waals surface area contributed by atoms with Gasteiger partial charge >= 0.3 is 0 Å². The fourth-order valence-corrected chi connectivity index (χ4v) is 2.56. The lowest BCUT2D eigenvalue weighted by molar-refractivity contribution is 0.0796. The molecule has 3 nitrogen and oxygen atoms in total. The number of benzene rings is 1. The topological polar surface area (TPSA) is 30.5 Å². The van der Waals surface area contributed by atoms with Gasteiger partial charge in [0.2, 0.25) is 0 Å². The smallest absolute Gasteiger partial charge is 0.121 e. The van der Waals surface area contributed by atoms with Crippen LogP contribution in [0.3, 0.4) is 0 Å². The van der Waals surface area contributed by atoms with Gasteiger partial charge in [0.1, 0.15) is 5.75 Å². The Morgan fingerprint density at radius 3 is 3.00 bits per heavy atom.